The number of carbonyl (C=O) groups is 4. The van der Waals surface area contributed by atoms with Gasteiger partial charge in [-0.1, -0.05) is 68.4 Å². The maximum absolute atomic E-state index is 13.3. The fourth-order valence-electron chi connectivity index (χ4n) is 5.12. The Kier molecular flexibility index (Phi) is 11.5. The fraction of sp³-hybridized carbons (Fsp3) is 0.382. The molecule has 2 atom stereocenters. The molecule has 3 aromatic rings. The third kappa shape index (κ3) is 9.13. The van der Waals surface area contributed by atoms with Crippen LogP contribution in [0.3, 0.4) is 0 Å². The molecule has 0 spiro atoms. The van der Waals surface area contributed by atoms with Crippen LogP contribution in [0.15, 0.2) is 71.7 Å². The number of Topliss-reactive ketones (excluding diaryl/α,β-unsaturated/α-hetero) is 1. The Morgan fingerprint density at radius 2 is 1.68 bits per heavy atom. The van der Waals surface area contributed by atoms with Crippen molar-refractivity contribution in [3.05, 3.63) is 77.9 Å². The molecule has 44 heavy (non-hydrogen) atoms. The molecule has 232 valence electrons. The topological polar surface area (TPSA) is 146 Å². The summed E-state index contributed by atoms with van der Waals surface area (Å²) in [4.78, 5) is 55.3. The number of fused-ring (bicyclic) bond motifs is 1. The zero-order chi connectivity index (χ0) is 31.5. The van der Waals surface area contributed by atoms with E-state index in [9.17, 15) is 24.3 Å². The van der Waals surface area contributed by atoms with E-state index < -0.39 is 42.6 Å². The predicted molar refractivity (Wildman–Crippen MR) is 169 cm³/mol. The lowest BCUT2D eigenvalue weighted by Gasteiger charge is -2.23. The molecule has 0 aliphatic carbocycles. The number of ether oxygens (including phenoxy) is 1. The van der Waals surface area contributed by atoms with Gasteiger partial charge in [0.15, 0.2) is 5.78 Å². The first kappa shape index (κ1) is 32.2. The maximum Gasteiger partial charge on any atom is 0.305 e. The van der Waals surface area contributed by atoms with Crippen LogP contribution >= 0.6 is 0 Å². The van der Waals surface area contributed by atoms with E-state index in [4.69, 9.17) is 4.74 Å². The number of nitrogens with one attached hydrogen (secondary N) is 3. The van der Waals surface area contributed by atoms with E-state index in [0.717, 1.165) is 23.6 Å². The second-order valence-electron chi connectivity index (χ2n) is 11.3. The zero-order valence-electron chi connectivity index (χ0n) is 25.2. The average Bonchev–Trinajstić information content (AvgIpc) is 3.55. The molecule has 4 rings (SSSR count). The molecule has 1 unspecified atom stereocenters. The van der Waals surface area contributed by atoms with Gasteiger partial charge >= 0.3 is 5.97 Å². The molecule has 1 aliphatic rings. The number of benzene rings is 3. The third-order valence-electron chi connectivity index (χ3n) is 7.59. The monoisotopic (exact) mass is 600 g/mol. The molecule has 10 nitrogen and oxygen atoms in total. The zero-order valence-corrected chi connectivity index (χ0v) is 25.2. The van der Waals surface area contributed by atoms with E-state index in [1.807, 2.05) is 80.6 Å². The summed E-state index contributed by atoms with van der Waals surface area (Å²) in [7, 11) is 0. The highest BCUT2D eigenvalue weighted by Crippen LogP contribution is 2.27. The van der Waals surface area contributed by atoms with Crippen molar-refractivity contribution >= 4 is 40.2 Å². The van der Waals surface area contributed by atoms with Crippen LogP contribution in [0, 0.1) is 11.8 Å². The van der Waals surface area contributed by atoms with Gasteiger partial charge in [-0.05, 0) is 47.2 Å². The predicted octanol–water partition coefficient (Wildman–Crippen LogP) is 3.51. The minimum absolute atomic E-state index is 0.0745. The number of rotatable bonds is 16. The van der Waals surface area contributed by atoms with Gasteiger partial charge in [0.2, 0.25) is 11.8 Å². The van der Waals surface area contributed by atoms with Gasteiger partial charge in [0.25, 0.3) is 0 Å². The van der Waals surface area contributed by atoms with Crippen molar-refractivity contribution in [1.82, 2.24) is 16.0 Å². The molecule has 0 saturated heterocycles. The molecule has 2 amide bonds. The van der Waals surface area contributed by atoms with Crippen LogP contribution in [-0.2, 0) is 25.6 Å². The number of carbonyl (C=O) groups excluding carboxylic acids is 3. The van der Waals surface area contributed by atoms with Crippen molar-refractivity contribution < 1.29 is 29.0 Å². The number of nitrogens with zero attached hydrogens (tertiary/aromatic N) is 1. The lowest BCUT2D eigenvalue weighted by Crippen LogP contribution is -2.48. The van der Waals surface area contributed by atoms with Crippen LogP contribution in [-0.4, -0.2) is 66.8 Å². The van der Waals surface area contributed by atoms with Crippen molar-refractivity contribution in [2.75, 3.05) is 26.2 Å². The number of aryl methyl sites for hydroxylation is 1. The van der Waals surface area contributed by atoms with Crippen LogP contribution < -0.4 is 20.7 Å². The molecule has 3 aromatic carbocycles. The molecule has 1 heterocycles. The van der Waals surface area contributed by atoms with Crippen molar-refractivity contribution in [2.45, 2.75) is 45.6 Å². The molecule has 4 N–H and O–H groups in total. The van der Waals surface area contributed by atoms with Gasteiger partial charge in [0.1, 0.15) is 24.2 Å². The summed E-state index contributed by atoms with van der Waals surface area (Å²) < 4.78 is 5.94. The quantitative estimate of drug-likeness (QED) is 0.184. The Morgan fingerprint density at radius 3 is 2.34 bits per heavy atom. The molecular formula is C34H40N4O6. The van der Waals surface area contributed by atoms with E-state index >= 15 is 0 Å². The van der Waals surface area contributed by atoms with Crippen LogP contribution in [0.4, 0.5) is 0 Å². The van der Waals surface area contributed by atoms with Crippen LogP contribution in [0.25, 0.3) is 10.8 Å². The second-order valence-corrected chi connectivity index (χ2v) is 11.3. The number of aliphatic imine (C=N–C) groups is 1. The number of amides is 2. The van der Waals surface area contributed by atoms with E-state index in [1.165, 1.54) is 5.56 Å². The summed E-state index contributed by atoms with van der Waals surface area (Å²) in [5, 5.41) is 20.1. The number of carboxylic acids is 1. The van der Waals surface area contributed by atoms with Gasteiger partial charge in [0, 0.05) is 25.4 Å². The molecule has 0 saturated carbocycles. The summed E-state index contributed by atoms with van der Waals surface area (Å²) in [5.41, 5.74) is 1.88. The normalized spacial score (nSPS) is 13.9. The summed E-state index contributed by atoms with van der Waals surface area (Å²) in [6, 6.07) is 20.1. The highest BCUT2D eigenvalue weighted by atomic mass is 16.5. The lowest BCUT2D eigenvalue weighted by molar-refractivity contribution is -0.141. The molecule has 0 bridgehead atoms. The maximum atomic E-state index is 13.3. The van der Waals surface area contributed by atoms with Gasteiger partial charge < -0.3 is 25.8 Å². The van der Waals surface area contributed by atoms with Crippen LogP contribution in [0.5, 0.6) is 5.75 Å². The van der Waals surface area contributed by atoms with E-state index in [1.54, 1.807) is 0 Å². The second kappa shape index (κ2) is 15.7. The summed E-state index contributed by atoms with van der Waals surface area (Å²) in [6.07, 6.45) is 0.894. The number of aliphatic carboxylic acids is 1. The number of ketones is 1. The van der Waals surface area contributed by atoms with Gasteiger partial charge in [-0.3, -0.25) is 24.2 Å². The standard InChI is InChI=1S/C34H40N4O6/c1-22(2)26(19-31(40)35-14-8-11-23-9-4-3-5-10-23)34(43)38-28(20-32(41)42)29(39)21-44-30-18-25-13-7-6-12-24(25)17-27(30)33-36-15-16-37-33/h3-7,9-10,12-13,17-18,22,26,28H,8,11,14-16,19-21H2,1-2H3,(H,35,40)(H,36,37)(H,38,43)(H,41,42)/t26-,28?/m0/s1. The van der Waals surface area contributed by atoms with Gasteiger partial charge in [-0.2, -0.15) is 0 Å². The Labute approximate surface area is 257 Å². The largest absolute Gasteiger partial charge is 0.485 e. The van der Waals surface area contributed by atoms with Crippen molar-refractivity contribution in [1.29, 1.82) is 0 Å². The van der Waals surface area contributed by atoms with Crippen LogP contribution in [0.2, 0.25) is 0 Å². The third-order valence-corrected chi connectivity index (χ3v) is 7.59. The first-order valence-corrected chi connectivity index (χ1v) is 15.0. The van der Waals surface area contributed by atoms with Crippen molar-refractivity contribution in [3.8, 4) is 5.75 Å². The van der Waals surface area contributed by atoms with Gasteiger partial charge in [0.05, 0.1) is 18.5 Å². The Balaban J connectivity index is 1.37. The molecular weight excluding hydrogens is 560 g/mol. The summed E-state index contributed by atoms with van der Waals surface area (Å²) in [5.74, 6) is -2.53. The fourth-order valence-corrected chi connectivity index (χ4v) is 5.12. The average molecular weight is 601 g/mol. The van der Waals surface area contributed by atoms with Gasteiger partial charge in [-0.25, -0.2) is 0 Å². The van der Waals surface area contributed by atoms with Crippen LogP contribution in [0.1, 0.15) is 44.2 Å². The Bertz CT molecular complexity index is 1500. The number of hydrogen-bond donors (Lipinski definition) is 4. The Morgan fingerprint density at radius 1 is 0.977 bits per heavy atom. The number of hydrogen-bond acceptors (Lipinski definition) is 7. The highest BCUT2D eigenvalue weighted by Gasteiger charge is 2.31. The summed E-state index contributed by atoms with van der Waals surface area (Å²) >= 11 is 0. The molecule has 10 heteroatoms. The molecule has 0 radical (unpaired) electrons. The first-order valence-electron chi connectivity index (χ1n) is 15.0. The lowest BCUT2D eigenvalue weighted by atomic mass is 9.90. The highest BCUT2D eigenvalue weighted by molar-refractivity contribution is 6.05. The smallest absolute Gasteiger partial charge is 0.305 e. The van der Waals surface area contributed by atoms with Crippen molar-refractivity contribution in [2.24, 2.45) is 16.8 Å². The minimum atomic E-state index is -1.32. The minimum Gasteiger partial charge on any atom is -0.485 e. The van der Waals surface area contributed by atoms with E-state index in [2.05, 4.69) is 20.9 Å². The Hall–Kier alpha value is -4.73. The van der Waals surface area contributed by atoms with E-state index in [0.29, 0.717) is 36.8 Å². The van der Waals surface area contributed by atoms with E-state index in [-0.39, 0.29) is 18.2 Å². The number of amidine groups is 1. The molecule has 0 aromatic heterocycles. The molecule has 0 fully saturated rings. The van der Waals surface area contributed by atoms with Gasteiger partial charge in [-0.15, -0.1) is 0 Å². The molecule has 1 aliphatic heterocycles. The van der Waals surface area contributed by atoms with Crippen molar-refractivity contribution in [3.63, 3.8) is 0 Å². The number of carboxylic acid groups (broad SMARTS) is 1. The summed E-state index contributed by atoms with van der Waals surface area (Å²) in [6.45, 7) is 4.95. The first-order chi connectivity index (χ1) is 21.2. The SMILES string of the molecule is CC(C)[C@H](CC(=O)NCCCc1ccccc1)C(=O)NC(CC(=O)O)C(=O)COc1cc2ccccc2cc1C1=NCCN1.